The molecular formula is C22H28N2O3S. The first-order valence-corrected chi connectivity index (χ1v) is 10.6. The van der Waals surface area contributed by atoms with Gasteiger partial charge in [-0.2, -0.15) is 0 Å². The maximum atomic E-state index is 12.8. The topological polar surface area (TPSA) is 42.0 Å². The molecule has 2 saturated heterocycles. The third kappa shape index (κ3) is 4.40. The van der Waals surface area contributed by atoms with Crippen LogP contribution in [0.2, 0.25) is 0 Å². The summed E-state index contributed by atoms with van der Waals surface area (Å²) in [4.78, 5) is 18.4. The molecule has 2 aliphatic rings. The minimum Gasteiger partial charge on any atom is -0.484 e. The van der Waals surface area contributed by atoms with Crippen molar-refractivity contribution in [2.24, 2.45) is 0 Å². The number of hydrogen-bond acceptors (Lipinski definition) is 5. The normalized spacial score (nSPS) is 20.8. The molecule has 1 aromatic carbocycles. The molecule has 0 radical (unpaired) electrons. The van der Waals surface area contributed by atoms with Gasteiger partial charge in [-0.3, -0.25) is 9.69 Å². The highest BCUT2D eigenvalue weighted by atomic mass is 32.1. The molecular weight excluding hydrogens is 372 g/mol. The fourth-order valence-corrected chi connectivity index (χ4v) is 5.03. The Morgan fingerprint density at radius 3 is 2.61 bits per heavy atom. The van der Waals surface area contributed by atoms with E-state index in [1.54, 1.807) is 11.3 Å². The molecule has 0 N–H and O–H groups in total. The second kappa shape index (κ2) is 7.50. The first-order valence-electron chi connectivity index (χ1n) is 9.75. The highest BCUT2D eigenvalue weighted by molar-refractivity contribution is 7.10. The molecule has 1 spiro atoms. The fraction of sp³-hybridized carbons (Fsp3) is 0.500. The number of hydrogen-bond donors (Lipinski definition) is 0. The quantitative estimate of drug-likeness (QED) is 0.772. The number of carbonyl (C=O) groups excluding carboxylic acids is 1. The number of aryl methyl sites for hydroxylation is 1. The monoisotopic (exact) mass is 400 g/mol. The zero-order chi connectivity index (χ0) is 19.8. The lowest BCUT2D eigenvalue weighted by molar-refractivity contribution is -0.247. The number of ether oxygens (including phenoxy) is 2. The molecule has 3 heterocycles. The van der Waals surface area contributed by atoms with Crippen LogP contribution in [0.1, 0.15) is 24.3 Å². The third-order valence-electron chi connectivity index (χ3n) is 5.22. The van der Waals surface area contributed by atoms with Gasteiger partial charge in [-0.25, -0.2) is 0 Å². The van der Waals surface area contributed by atoms with Crippen molar-refractivity contribution in [2.75, 3.05) is 32.8 Å². The van der Waals surface area contributed by atoms with Gasteiger partial charge in [0, 0.05) is 31.1 Å². The van der Waals surface area contributed by atoms with Crippen LogP contribution in [0.25, 0.3) is 0 Å². The first kappa shape index (κ1) is 19.4. The van der Waals surface area contributed by atoms with Crippen molar-refractivity contribution < 1.29 is 14.3 Å². The molecule has 28 heavy (non-hydrogen) atoms. The Labute approximate surface area is 170 Å². The van der Waals surface area contributed by atoms with Crippen LogP contribution < -0.4 is 4.74 Å². The molecule has 1 aromatic heterocycles. The van der Waals surface area contributed by atoms with E-state index in [0.29, 0.717) is 13.1 Å². The van der Waals surface area contributed by atoms with Crippen molar-refractivity contribution in [1.82, 2.24) is 9.80 Å². The van der Waals surface area contributed by atoms with E-state index in [-0.39, 0.29) is 23.7 Å². The van der Waals surface area contributed by atoms with Gasteiger partial charge >= 0.3 is 0 Å². The average Bonchev–Trinajstić information content (AvgIpc) is 3.03. The molecule has 0 saturated carbocycles. The second-order valence-electron chi connectivity index (χ2n) is 8.61. The number of likely N-dealkylation sites (tertiary alicyclic amines) is 1. The Bertz CT molecular complexity index is 827. The maximum Gasteiger partial charge on any atom is 0.260 e. The van der Waals surface area contributed by atoms with Gasteiger partial charge in [0.25, 0.3) is 5.91 Å². The predicted molar refractivity (Wildman–Crippen MR) is 111 cm³/mol. The van der Waals surface area contributed by atoms with E-state index in [2.05, 4.69) is 37.1 Å². The van der Waals surface area contributed by atoms with Crippen molar-refractivity contribution >= 4 is 17.2 Å². The van der Waals surface area contributed by atoms with Crippen LogP contribution in [0, 0.1) is 6.92 Å². The van der Waals surface area contributed by atoms with Crippen LogP contribution in [-0.2, 0) is 16.1 Å². The minimum atomic E-state index is -0.355. The number of para-hydroxylation sites is 1. The first-order chi connectivity index (χ1) is 13.3. The predicted octanol–water partition coefficient (Wildman–Crippen LogP) is 3.33. The number of amides is 1. The van der Waals surface area contributed by atoms with E-state index >= 15 is 0 Å². The van der Waals surface area contributed by atoms with Gasteiger partial charge in [0.05, 0.1) is 12.1 Å². The summed E-state index contributed by atoms with van der Waals surface area (Å²) in [5.41, 5.74) is 0.734. The van der Waals surface area contributed by atoms with E-state index in [9.17, 15) is 4.79 Å². The SMILES string of the molecule is Cc1cc(CN2CC3(C2)CN(C(=O)COc2ccccc2)CC(C)(C)O3)cs1. The largest absolute Gasteiger partial charge is 0.484 e. The maximum absolute atomic E-state index is 12.8. The molecule has 2 aliphatic heterocycles. The van der Waals surface area contributed by atoms with Gasteiger partial charge in [-0.1, -0.05) is 18.2 Å². The molecule has 1 amide bonds. The summed E-state index contributed by atoms with van der Waals surface area (Å²) >= 11 is 1.79. The summed E-state index contributed by atoms with van der Waals surface area (Å²) in [6.07, 6.45) is 0. The smallest absolute Gasteiger partial charge is 0.260 e. The average molecular weight is 401 g/mol. The second-order valence-corrected chi connectivity index (χ2v) is 9.72. The summed E-state index contributed by atoms with van der Waals surface area (Å²) in [5, 5.41) is 2.22. The number of benzene rings is 1. The molecule has 2 aromatic rings. The third-order valence-corrected chi connectivity index (χ3v) is 6.13. The summed E-state index contributed by atoms with van der Waals surface area (Å²) < 4.78 is 12.1. The Hall–Kier alpha value is -1.89. The number of rotatable bonds is 5. The number of morpholine rings is 1. The summed E-state index contributed by atoms with van der Waals surface area (Å²) in [6, 6.07) is 11.7. The summed E-state index contributed by atoms with van der Waals surface area (Å²) in [6.45, 7) is 10.2. The van der Waals surface area contributed by atoms with Crippen molar-refractivity contribution in [1.29, 1.82) is 0 Å². The van der Waals surface area contributed by atoms with Gasteiger partial charge in [-0.15, -0.1) is 11.3 Å². The van der Waals surface area contributed by atoms with Crippen molar-refractivity contribution in [3.05, 3.63) is 52.2 Å². The van der Waals surface area contributed by atoms with E-state index in [1.807, 2.05) is 35.2 Å². The molecule has 0 unspecified atom stereocenters. The zero-order valence-electron chi connectivity index (χ0n) is 16.8. The Morgan fingerprint density at radius 2 is 1.93 bits per heavy atom. The van der Waals surface area contributed by atoms with Gasteiger partial charge < -0.3 is 14.4 Å². The zero-order valence-corrected chi connectivity index (χ0v) is 17.6. The minimum absolute atomic E-state index is 0.0199. The van der Waals surface area contributed by atoms with Crippen LogP contribution in [0.4, 0.5) is 0 Å². The van der Waals surface area contributed by atoms with Crippen molar-refractivity contribution in [3.8, 4) is 5.75 Å². The Kier molecular flexibility index (Phi) is 5.21. The summed E-state index contributed by atoms with van der Waals surface area (Å²) in [5.74, 6) is 0.741. The van der Waals surface area contributed by atoms with Gasteiger partial charge in [0.2, 0.25) is 0 Å². The molecule has 0 aliphatic carbocycles. The van der Waals surface area contributed by atoms with Crippen molar-refractivity contribution in [3.63, 3.8) is 0 Å². The van der Waals surface area contributed by atoms with Crippen LogP contribution in [0.5, 0.6) is 5.75 Å². The molecule has 2 fully saturated rings. The molecule has 4 rings (SSSR count). The van der Waals surface area contributed by atoms with E-state index in [1.165, 1.54) is 10.4 Å². The number of nitrogens with zero attached hydrogens (tertiary/aromatic N) is 2. The molecule has 5 nitrogen and oxygen atoms in total. The molecule has 0 bridgehead atoms. The lowest BCUT2D eigenvalue weighted by atomic mass is 9.88. The lowest BCUT2D eigenvalue weighted by Crippen LogP contribution is -2.73. The van der Waals surface area contributed by atoms with Gasteiger partial charge in [0.15, 0.2) is 6.61 Å². The molecule has 6 heteroatoms. The lowest BCUT2D eigenvalue weighted by Gasteiger charge is -2.58. The van der Waals surface area contributed by atoms with Crippen molar-refractivity contribution in [2.45, 2.75) is 38.5 Å². The molecule has 150 valence electrons. The fourth-order valence-electron chi connectivity index (χ4n) is 4.33. The number of thiophene rings is 1. The van der Waals surface area contributed by atoms with E-state index in [4.69, 9.17) is 9.47 Å². The van der Waals surface area contributed by atoms with E-state index < -0.39 is 0 Å². The highest BCUT2D eigenvalue weighted by Gasteiger charge is 2.52. The molecule has 0 atom stereocenters. The number of carbonyl (C=O) groups is 1. The Morgan fingerprint density at radius 1 is 1.18 bits per heavy atom. The van der Waals surface area contributed by atoms with Crippen LogP contribution in [0.3, 0.4) is 0 Å². The van der Waals surface area contributed by atoms with E-state index in [0.717, 1.165) is 25.4 Å². The van der Waals surface area contributed by atoms with Gasteiger partial charge in [-0.05, 0) is 49.9 Å². The standard InChI is InChI=1S/C22H28N2O3S/c1-17-9-18(12-28-17)10-23-14-22(15-23)16-24(13-21(2,3)27-22)20(25)11-26-19-7-5-4-6-8-19/h4-9,12H,10-11,13-16H2,1-3H3. The van der Waals surface area contributed by atoms with Crippen LogP contribution in [-0.4, -0.2) is 59.7 Å². The van der Waals surface area contributed by atoms with Crippen LogP contribution in [0.15, 0.2) is 41.8 Å². The summed E-state index contributed by atoms with van der Waals surface area (Å²) in [7, 11) is 0. The van der Waals surface area contributed by atoms with Crippen LogP contribution >= 0.6 is 11.3 Å². The van der Waals surface area contributed by atoms with Gasteiger partial charge in [0.1, 0.15) is 11.4 Å². The Balaban J connectivity index is 1.35. The highest BCUT2D eigenvalue weighted by Crippen LogP contribution is 2.36.